The average molecular weight is 229 g/mol. The average Bonchev–Trinajstić information content (AvgIpc) is 2.87. The summed E-state index contributed by atoms with van der Waals surface area (Å²) in [7, 11) is 1.22. The summed E-state index contributed by atoms with van der Waals surface area (Å²) < 4.78 is 9.56. The second kappa shape index (κ2) is 4.45. The van der Waals surface area contributed by atoms with Crippen LogP contribution in [0.15, 0.2) is 28.7 Å². The lowest BCUT2D eigenvalue weighted by atomic mass is 10.1. The molecule has 2 aromatic rings. The number of hydrogen-bond acceptors (Lipinski definition) is 6. The Balaban J connectivity index is 2.37. The van der Waals surface area contributed by atoms with E-state index in [0.29, 0.717) is 11.1 Å². The van der Waals surface area contributed by atoms with Gasteiger partial charge in [0, 0.05) is 5.56 Å². The van der Waals surface area contributed by atoms with Gasteiger partial charge in [0.05, 0.1) is 18.7 Å². The van der Waals surface area contributed by atoms with E-state index in [9.17, 15) is 4.79 Å². The minimum absolute atomic E-state index is 0.169. The third-order valence-corrected chi connectivity index (χ3v) is 2.02. The van der Waals surface area contributed by atoms with Crippen molar-refractivity contribution in [3.8, 4) is 17.5 Å². The molecule has 0 atom stereocenters. The van der Waals surface area contributed by atoms with Gasteiger partial charge in [-0.05, 0) is 18.2 Å². The molecule has 0 N–H and O–H groups in total. The van der Waals surface area contributed by atoms with Crippen LogP contribution >= 0.6 is 0 Å². The molecule has 0 unspecified atom stereocenters. The fraction of sp³-hybridized carbons (Fsp3) is 0.0909. The maximum atomic E-state index is 11.1. The van der Waals surface area contributed by atoms with Gasteiger partial charge in [-0.3, -0.25) is 0 Å². The SMILES string of the molecule is COC(=O)c1nnc(-c2cccc(C#N)c2)o1. The first-order valence-corrected chi connectivity index (χ1v) is 4.67. The van der Waals surface area contributed by atoms with E-state index in [0.717, 1.165) is 0 Å². The van der Waals surface area contributed by atoms with Crippen molar-refractivity contribution < 1.29 is 13.9 Å². The van der Waals surface area contributed by atoms with Gasteiger partial charge in [0.25, 0.3) is 0 Å². The Labute approximate surface area is 96.5 Å². The van der Waals surface area contributed by atoms with E-state index in [1.165, 1.54) is 7.11 Å². The predicted octanol–water partition coefficient (Wildman–Crippen LogP) is 1.39. The lowest BCUT2D eigenvalue weighted by molar-refractivity contribution is 0.0556. The highest BCUT2D eigenvalue weighted by molar-refractivity contribution is 5.84. The highest BCUT2D eigenvalue weighted by atomic mass is 16.5. The Morgan fingerprint density at radius 2 is 2.29 bits per heavy atom. The molecule has 0 bridgehead atoms. The molecule has 1 aromatic carbocycles. The monoisotopic (exact) mass is 229 g/mol. The summed E-state index contributed by atoms with van der Waals surface area (Å²) in [6.45, 7) is 0. The Bertz CT molecular complexity index is 598. The second-order valence-electron chi connectivity index (χ2n) is 3.10. The lowest BCUT2D eigenvalue weighted by Crippen LogP contribution is -2.00. The van der Waals surface area contributed by atoms with Crippen LogP contribution in [-0.4, -0.2) is 23.3 Å². The number of nitrogens with zero attached hydrogens (tertiary/aromatic N) is 3. The molecule has 1 aromatic heterocycles. The van der Waals surface area contributed by atoms with Gasteiger partial charge in [-0.2, -0.15) is 5.26 Å². The van der Waals surface area contributed by atoms with E-state index in [2.05, 4.69) is 14.9 Å². The van der Waals surface area contributed by atoms with Crippen LogP contribution in [0, 0.1) is 11.3 Å². The largest absolute Gasteiger partial charge is 0.462 e. The van der Waals surface area contributed by atoms with E-state index in [4.69, 9.17) is 9.68 Å². The molecule has 2 rings (SSSR count). The van der Waals surface area contributed by atoms with Gasteiger partial charge in [-0.15, -0.1) is 10.2 Å². The zero-order valence-corrected chi connectivity index (χ0v) is 8.88. The summed E-state index contributed by atoms with van der Waals surface area (Å²) in [6.07, 6.45) is 0. The fourth-order valence-electron chi connectivity index (χ4n) is 1.23. The number of rotatable bonds is 2. The Kier molecular flexibility index (Phi) is 2.83. The zero-order chi connectivity index (χ0) is 12.3. The molecule has 0 saturated carbocycles. The summed E-state index contributed by atoms with van der Waals surface area (Å²) in [6, 6.07) is 8.64. The van der Waals surface area contributed by atoms with E-state index in [-0.39, 0.29) is 11.8 Å². The van der Waals surface area contributed by atoms with Crippen LogP contribution in [0.5, 0.6) is 0 Å². The molecule has 0 aliphatic carbocycles. The van der Waals surface area contributed by atoms with Crippen LogP contribution < -0.4 is 0 Å². The van der Waals surface area contributed by atoms with Crippen molar-refractivity contribution in [2.24, 2.45) is 0 Å². The molecule has 1 heterocycles. The topological polar surface area (TPSA) is 89.0 Å². The van der Waals surface area contributed by atoms with E-state index in [1.807, 2.05) is 6.07 Å². The third-order valence-electron chi connectivity index (χ3n) is 2.02. The summed E-state index contributed by atoms with van der Waals surface area (Å²) in [5.74, 6) is -0.743. The summed E-state index contributed by atoms with van der Waals surface area (Å²) in [5.41, 5.74) is 1.05. The van der Waals surface area contributed by atoms with Crippen molar-refractivity contribution >= 4 is 5.97 Å². The number of carbonyl (C=O) groups excluding carboxylic acids is 1. The molecule has 0 radical (unpaired) electrons. The lowest BCUT2D eigenvalue weighted by Gasteiger charge is -1.94. The maximum Gasteiger partial charge on any atom is 0.396 e. The summed E-state index contributed by atoms with van der Waals surface area (Å²) in [4.78, 5) is 11.1. The second-order valence-corrected chi connectivity index (χ2v) is 3.10. The standard InChI is InChI=1S/C11H7N3O3/c1-16-11(15)10-14-13-9(17-10)8-4-2-3-7(5-8)6-12/h2-5H,1H3. The Hall–Kier alpha value is -2.68. The molecule has 0 aliphatic heterocycles. The molecule has 6 heteroatoms. The number of nitriles is 1. The number of hydrogen-bond donors (Lipinski definition) is 0. The summed E-state index contributed by atoms with van der Waals surface area (Å²) >= 11 is 0. The molecular weight excluding hydrogens is 222 g/mol. The van der Waals surface area contributed by atoms with Crippen LogP contribution in [-0.2, 0) is 4.74 Å². The van der Waals surface area contributed by atoms with Crippen LogP contribution in [0.4, 0.5) is 0 Å². The van der Waals surface area contributed by atoms with Crippen LogP contribution in [0.1, 0.15) is 16.2 Å². The van der Waals surface area contributed by atoms with Gasteiger partial charge in [0.1, 0.15) is 0 Å². The first kappa shape index (κ1) is 10.8. The molecule has 0 saturated heterocycles. The first-order chi connectivity index (χ1) is 8.24. The van der Waals surface area contributed by atoms with Gasteiger partial charge in [0.15, 0.2) is 0 Å². The number of carbonyl (C=O) groups is 1. The van der Waals surface area contributed by atoms with Crippen LogP contribution in [0.3, 0.4) is 0 Å². The fourth-order valence-corrected chi connectivity index (χ4v) is 1.23. The highest BCUT2D eigenvalue weighted by Crippen LogP contribution is 2.18. The van der Waals surface area contributed by atoms with Gasteiger partial charge >= 0.3 is 11.9 Å². The van der Waals surface area contributed by atoms with Crippen molar-refractivity contribution in [2.75, 3.05) is 7.11 Å². The number of esters is 1. The van der Waals surface area contributed by atoms with Gasteiger partial charge in [-0.25, -0.2) is 4.79 Å². The predicted molar refractivity (Wildman–Crippen MR) is 55.8 cm³/mol. The first-order valence-electron chi connectivity index (χ1n) is 4.67. The Morgan fingerprint density at radius 3 is 3.00 bits per heavy atom. The maximum absolute atomic E-state index is 11.1. The molecule has 0 aliphatic rings. The molecule has 84 valence electrons. The minimum Gasteiger partial charge on any atom is -0.462 e. The minimum atomic E-state index is -0.694. The van der Waals surface area contributed by atoms with Crippen LogP contribution in [0.25, 0.3) is 11.5 Å². The van der Waals surface area contributed by atoms with Gasteiger partial charge in [-0.1, -0.05) is 6.07 Å². The van der Waals surface area contributed by atoms with Crippen molar-refractivity contribution in [2.45, 2.75) is 0 Å². The molecular formula is C11H7N3O3. The van der Waals surface area contributed by atoms with E-state index in [1.54, 1.807) is 24.3 Å². The summed E-state index contributed by atoms with van der Waals surface area (Å²) in [5, 5.41) is 16.0. The smallest absolute Gasteiger partial charge is 0.396 e. The third kappa shape index (κ3) is 2.13. The number of benzene rings is 1. The Morgan fingerprint density at radius 1 is 1.47 bits per heavy atom. The van der Waals surface area contributed by atoms with E-state index >= 15 is 0 Å². The highest BCUT2D eigenvalue weighted by Gasteiger charge is 2.15. The van der Waals surface area contributed by atoms with Gasteiger partial charge in [0.2, 0.25) is 5.89 Å². The molecule has 6 nitrogen and oxygen atoms in total. The quantitative estimate of drug-likeness (QED) is 0.723. The number of aromatic nitrogens is 2. The molecule has 0 spiro atoms. The number of methoxy groups -OCH3 is 1. The van der Waals surface area contributed by atoms with Crippen molar-refractivity contribution in [1.82, 2.24) is 10.2 Å². The van der Waals surface area contributed by atoms with Crippen molar-refractivity contribution in [1.29, 1.82) is 5.26 Å². The molecule has 17 heavy (non-hydrogen) atoms. The molecule has 0 fully saturated rings. The van der Waals surface area contributed by atoms with Gasteiger partial charge < -0.3 is 9.15 Å². The normalized spacial score (nSPS) is 9.65. The van der Waals surface area contributed by atoms with E-state index < -0.39 is 5.97 Å². The molecule has 0 amide bonds. The van der Waals surface area contributed by atoms with Crippen molar-refractivity contribution in [3.05, 3.63) is 35.7 Å². The zero-order valence-electron chi connectivity index (χ0n) is 8.88. The van der Waals surface area contributed by atoms with Crippen molar-refractivity contribution in [3.63, 3.8) is 0 Å². The number of ether oxygens (including phenoxy) is 1. The van der Waals surface area contributed by atoms with Crippen LogP contribution in [0.2, 0.25) is 0 Å².